The van der Waals surface area contributed by atoms with Gasteiger partial charge >= 0.3 is 6.18 Å². The van der Waals surface area contributed by atoms with Gasteiger partial charge in [-0.05, 0) is 53.0 Å². The van der Waals surface area contributed by atoms with Crippen LogP contribution < -0.4 is 5.32 Å². The van der Waals surface area contributed by atoms with Crippen LogP contribution in [-0.4, -0.2) is 15.4 Å². The number of nitrogens with zero attached hydrogens (tertiary/aromatic N) is 2. The van der Waals surface area contributed by atoms with Crippen LogP contribution in [0.25, 0.3) is 16.9 Å². The summed E-state index contributed by atoms with van der Waals surface area (Å²) in [6, 6.07) is 9.36. The summed E-state index contributed by atoms with van der Waals surface area (Å²) in [5.41, 5.74) is 1.44. The Labute approximate surface area is 163 Å². The molecule has 0 atom stereocenters. The van der Waals surface area contributed by atoms with E-state index in [0.717, 1.165) is 40.9 Å². The maximum absolute atomic E-state index is 12.9. The number of benzene rings is 1. The zero-order valence-electron chi connectivity index (χ0n) is 14.6. The molecule has 1 aromatic carbocycles. The van der Waals surface area contributed by atoms with Crippen molar-refractivity contribution in [2.24, 2.45) is 0 Å². The van der Waals surface area contributed by atoms with E-state index >= 15 is 0 Å². The lowest BCUT2D eigenvalue weighted by Crippen LogP contribution is -2.23. The highest BCUT2D eigenvalue weighted by Crippen LogP contribution is 2.35. The van der Waals surface area contributed by atoms with Crippen LogP contribution in [0.1, 0.15) is 37.7 Å². The topological polar surface area (TPSA) is 29.3 Å². The molecule has 3 aromatic rings. The van der Waals surface area contributed by atoms with Crippen LogP contribution in [0.3, 0.4) is 0 Å². The molecule has 27 heavy (non-hydrogen) atoms. The summed E-state index contributed by atoms with van der Waals surface area (Å²) < 4.78 is 41.5. The molecular weight excluding hydrogens is 419 g/mol. The summed E-state index contributed by atoms with van der Waals surface area (Å²) in [6.45, 7) is 0. The molecule has 0 spiro atoms. The highest BCUT2D eigenvalue weighted by Gasteiger charge is 2.30. The third-order valence-corrected chi connectivity index (χ3v) is 5.48. The molecule has 1 saturated carbocycles. The monoisotopic (exact) mass is 437 g/mol. The molecule has 0 saturated heterocycles. The fourth-order valence-electron chi connectivity index (χ4n) is 3.62. The highest BCUT2D eigenvalue weighted by atomic mass is 79.9. The number of hydrogen-bond acceptors (Lipinski definition) is 2. The Morgan fingerprint density at radius 3 is 2.37 bits per heavy atom. The Balaban J connectivity index is 1.78. The van der Waals surface area contributed by atoms with Crippen LogP contribution in [0.4, 0.5) is 19.0 Å². The summed E-state index contributed by atoms with van der Waals surface area (Å²) in [6.07, 6.45) is 3.40. The molecule has 0 bridgehead atoms. The van der Waals surface area contributed by atoms with E-state index in [1.54, 1.807) is 0 Å². The van der Waals surface area contributed by atoms with Crippen molar-refractivity contribution in [2.75, 3.05) is 5.32 Å². The van der Waals surface area contributed by atoms with Crippen LogP contribution in [0.5, 0.6) is 0 Å². The summed E-state index contributed by atoms with van der Waals surface area (Å²) >= 11 is 3.49. The Bertz CT molecular complexity index is 942. The number of pyridine rings is 1. The molecule has 1 aliphatic carbocycles. The third-order valence-electron chi connectivity index (χ3n) is 5.01. The molecular formula is C20H19BrF3N3. The maximum Gasteiger partial charge on any atom is 0.416 e. The Kier molecular flexibility index (Phi) is 4.88. The van der Waals surface area contributed by atoms with E-state index in [-0.39, 0.29) is 0 Å². The second kappa shape index (κ2) is 7.19. The maximum atomic E-state index is 12.9. The van der Waals surface area contributed by atoms with Crippen molar-refractivity contribution >= 4 is 27.4 Å². The molecule has 1 fully saturated rings. The molecule has 2 heterocycles. The van der Waals surface area contributed by atoms with Crippen molar-refractivity contribution < 1.29 is 13.2 Å². The molecule has 1 aliphatic rings. The van der Waals surface area contributed by atoms with E-state index in [9.17, 15) is 13.2 Å². The van der Waals surface area contributed by atoms with E-state index in [1.165, 1.54) is 31.4 Å². The summed E-state index contributed by atoms with van der Waals surface area (Å²) in [5, 5.41) is 3.60. The Hall–Kier alpha value is -2.02. The quantitative estimate of drug-likeness (QED) is 0.504. The van der Waals surface area contributed by atoms with E-state index in [2.05, 4.69) is 26.2 Å². The minimum Gasteiger partial charge on any atom is -0.367 e. The Morgan fingerprint density at radius 2 is 1.70 bits per heavy atom. The number of nitrogens with one attached hydrogen (secondary N) is 1. The first-order chi connectivity index (χ1) is 12.9. The fraction of sp³-hybridized carbons (Fsp3) is 0.350. The van der Waals surface area contributed by atoms with Gasteiger partial charge in [0.25, 0.3) is 0 Å². The predicted molar refractivity (Wildman–Crippen MR) is 104 cm³/mol. The standard InChI is InChI=1S/C20H19BrF3N3/c21-15-10-11-17-26-18(13-6-8-14(9-7-13)20(22,23)24)19(27(17)12-15)25-16-4-2-1-3-5-16/h6-12,16,25H,1-5H2. The van der Waals surface area contributed by atoms with Gasteiger partial charge in [-0.1, -0.05) is 31.4 Å². The van der Waals surface area contributed by atoms with Gasteiger partial charge in [0.05, 0.1) is 5.56 Å². The van der Waals surface area contributed by atoms with Crippen molar-refractivity contribution in [1.29, 1.82) is 0 Å². The first-order valence-electron chi connectivity index (χ1n) is 9.03. The first-order valence-corrected chi connectivity index (χ1v) is 9.83. The molecule has 2 aromatic heterocycles. The highest BCUT2D eigenvalue weighted by molar-refractivity contribution is 9.10. The van der Waals surface area contributed by atoms with Crippen LogP contribution in [0, 0.1) is 0 Å². The second-order valence-corrected chi connectivity index (χ2v) is 7.85. The normalized spacial score (nSPS) is 16.0. The number of anilines is 1. The number of aromatic nitrogens is 2. The van der Waals surface area contributed by atoms with Gasteiger partial charge in [-0.15, -0.1) is 0 Å². The van der Waals surface area contributed by atoms with Crippen LogP contribution in [0.15, 0.2) is 47.1 Å². The van der Waals surface area contributed by atoms with Gasteiger partial charge in [-0.2, -0.15) is 13.2 Å². The lowest BCUT2D eigenvalue weighted by Gasteiger charge is -2.24. The van der Waals surface area contributed by atoms with Crippen molar-refractivity contribution in [3.8, 4) is 11.3 Å². The van der Waals surface area contributed by atoms with Crippen molar-refractivity contribution in [3.05, 3.63) is 52.6 Å². The van der Waals surface area contributed by atoms with Crippen LogP contribution in [-0.2, 0) is 6.18 Å². The van der Waals surface area contributed by atoms with Gasteiger partial charge in [0.15, 0.2) is 0 Å². The zero-order chi connectivity index (χ0) is 19.0. The summed E-state index contributed by atoms with van der Waals surface area (Å²) in [5.74, 6) is 0.831. The predicted octanol–water partition coefficient (Wildman–Crippen LogP) is 6.53. The molecule has 142 valence electrons. The SMILES string of the molecule is FC(F)(F)c1ccc(-c2nc3ccc(Br)cn3c2NC2CCCCC2)cc1. The lowest BCUT2D eigenvalue weighted by molar-refractivity contribution is -0.137. The first kappa shape index (κ1) is 18.3. The molecule has 3 nitrogen and oxygen atoms in total. The largest absolute Gasteiger partial charge is 0.416 e. The number of fused-ring (bicyclic) bond motifs is 1. The number of imidazole rings is 1. The van der Waals surface area contributed by atoms with Crippen LogP contribution >= 0.6 is 15.9 Å². The zero-order valence-corrected chi connectivity index (χ0v) is 16.1. The van der Waals surface area contributed by atoms with Gasteiger partial charge < -0.3 is 5.32 Å². The number of halogens is 4. The van der Waals surface area contributed by atoms with Crippen molar-refractivity contribution in [3.63, 3.8) is 0 Å². The van der Waals surface area contributed by atoms with E-state index in [1.807, 2.05) is 22.7 Å². The van der Waals surface area contributed by atoms with Gasteiger partial charge in [0, 0.05) is 22.3 Å². The van der Waals surface area contributed by atoms with Crippen molar-refractivity contribution in [1.82, 2.24) is 9.38 Å². The van der Waals surface area contributed by atoms with Gasteiger partial charge in [-0.3, -0.25) is 4.40 Å². The average molecular weight is 438 g/mol. The van der Waals surface area contributed by atoms with Gasteiger partial charge in [0.2, 0.25) is 0 Å². The molecule has 1 N–H and O–H groups in total. The second-order valence-electron chi connectivity index (χ2n) is 6.94. The smallest absolute Gasteiger partial charge is 0.367 e. The number of alkyl halides is 3. The van der Waals surface area contributed by atoms with Gasteiger partial charge in [-0.25, -0.2) is 4.98 Å². The summed E-state index contributed by atoms with van der Waals surface area (Å²) in [7, 11) is 0. The third kappa shape index (κ3) is 3.83. The minimum absolute atomic E-state index is 0.353. The molecule has 7 heteroatoms. The molecule has 0 amide bonds. The number of hydrogen-bond donors (Lipinski definition) is 1. The van der Waals surface area contributed by atoms with Crippen LogP contribution in [0.2, 0.25) is 0 Å². The lowest BCUT2D eigenvalue weighted by atomic mass is 9.95. The van der Waals surface area contributed by atoms with E-state index in [0.29, 0.717) is 17.3 Å². The number of rotatable bonds is 3. The molecule has 4 rings (SSSR count). The minimum atomic E-state index is -4.34. The van der Waals surface area contributed by atoms with E-state index < -0.39 is 11.7 Å². The molecule has 0 unspecified atom stereocenters. The summed E-state index contributed by atoms with van der Waals surface area (Å²) in [4.78, 5) is 4.68. The van der Waals surface area contributed by atoms with E-state index in [4.69, 9.17) is 0 Å². The molecule has 0 aliphatic heterocycles. The Morgan fingerprint density at radius 1 is 1.00 bits per heavy atom. The molecule has 0 radical (unpaired) electrons. The average Bonchev–Trinajstić information content (AvgIpc) is 3.00. The fourth-order valence-corrected chi connectivity index (χ4v) is 3.95. The van der Waals surface area contributed by atoms with Gasteiger partial charge in [0.1, 0.15) is 17.2 Å². The van der Waals surface area contributed by atoms with Crippen molar-refractivity contribution in [2.45, 2.75) is 44.3 Å².